The Kier molecular flexibility index (Phi) is 5.28. The molecular formula is C12H15BrFNO4S. The molecule has 20 heavy (non-hydrogen) atoms. The second-order valence-corrected chi connectivity index (χ2v) is 7.11. The maximum atomic E-state index is 13.4. The van der Waals surface area contributed by atoms with Gasteiger partial charge in [0.05, 0.1) is 9.37 Å². The SMILES string of the molecule is CCCC(C)(NS(=O)(=O)c1ccc(Br)c(F)c1)C(=O)O. The zero-order valence-corrected chi connectivity index (χ0v) is 13.4. The highest BCUT2D eigenvalue weighted by atomic mass is 79.9. The third kappa shape index (κ3) is 3.77. The number of sulfonamides is 1. The van der Waals surface area contributed by atoms with E-state index in [1.165, 1.54) is 19.1 Å². The van der Waals surface area contributed by atoms with Crippen molar-refractivity contribution in [2.24, 2.45) is 0 Å². The number of nitrogens with one attached hydrogen (secondary N) is 1. The van der Waals surface area contributed by atoms with Gasteiger partial charge in [-0.05, 0) is 47.5 Å². The fraction of sp³-hybridized carbons (Fsp3) is 0.417. The van der Waals surface area contributed by atoms with E-state index in [1.807, 2.05) is 0 Å². The van der Waals surface area contributed by atoms with Crippen LogP contribution in [-0.2, 0) is 14.8 Å². The maximum absolute atomic E-state index is 13.4. The summed E-state index contributed by atoms with van der Waals surface area (Å²) >= 11 is 2.92. The second kappa shape index (κ2) is 6.19. The Labute approximate surface area is 125 Å². The largest absolute Gasteiger partial charge is 0.480 e. The summed E-state index contributed by atoms with van der Waals surface area (Å²) in [5.74, 6) is -2.01. The van der Waals surface area contributed by atoms with E-state index in [0.29, 0.717) is 6.42 Å². The average molecular weight is 368 g/mol. The molecule has 0 heterocycles. The van der Waals surface area contributed by atoms with E-state index in [1.54, 1.807) is 6.92 Å². The molecule has 1 aromatic carbocycles. The van der Waals surface area contributed by atoms with Gasteiger partial charge in [0.2, 0.25) is 10.0 Å². The van der Waals surface area contributed by atoms with Gasteiger partial charge in [-0.15, -0.1) is 0 Å². The molecular weight excluding hydrogens is 353 g/mol. The molecule has 2 N–H and O–H groups in total. The molecule has 0 saturated heterocycles. The van der Waals surface area contributed by atoms with Crippen LogP contribution in [-0.4, -0.2) is 25.0 Å². The molecule has 0 aliphatic carbocycles. The van der Waals surface area contributed by atoms with E-state index in [0.717, 1.165) is 6.07 Å². The van der Waals surface area contributed by atoms with Gasteiger partial charge in [0, 0.05) is 0 Å². The Hall–Kier alpha value is -0.990. The standard InChI is InChI=1S/C12H15BrFNO4S/c1-3-6-12(2,11(16)17)15-20(18,19)8-4-5-9(13)10(14)7-8/h4-5,7,15H,3,6H2,1-2H3,(H,16,17). The van der Waals surface area contributed by atoms with E-state index in [-0.39, 0.29) is 15.8 Å². The van der Waals surface area contributed by atoms with Gasteiger partial charge in [-0.1, -0.05) is 13.3 Å². The van der Waals surface area contributed by atoms with E-state index in [9.17, 15) is 17.6 Å². The molecule has 5 nitrogen and oxygen atoms in total. The fourth-order valence-electron chi connectivity index (χ4n) is 1.70. The minimum absolute atomic E-state index is 0.126. The number of carboxylic acid groups (broad SMARTS) is 1. The molecule has 0 bridgehead atoms. The number of rotatable bonds is 6. The molecule has 0 spiro atoms. The topological polar surface area (TPSA) is 83.5 Å². The fourth-order valence-corrected chi connectivity index (χ4v) is 3.35. The van der Waals surface area contributed by atoms with Crippen molar-refractivity contribution in [2.75, 3.05) is 0 Å². The molecule has 0 amide bonds. The van der Waals surface area contributed by atoms with Gasteiger partial charge in [-0.3, -0.25) is 4.79 Å². The summed E-state index contributed by atoms with van der Waals surface area (Å²) in [6, 6.07) is 3.28. The van der Waals surface area contributed by atoms with Gasteiger partial charge in [0.1, 0.15) is 11.4 Å². The van der Waals surface area contributed by atoms with Crippen LogP contribution in [0.1, 0.15) is 26.7 Å². The highest BCUT2D eigenvalue weighted by molar-refractivity contribution is 9.10. The third-order valence-electron chi connectivity index (χ3n) is 2.78. The Bertz CT molecular complexity index is 620. The van der Waals surface area contributed by atoms with Gasteiger partial charge in [-0.25, -0.2) is 12.8 Å². The summed E-state index contributed by atoms with van der Waals surface area (Å²) in [5, 5.41) is 9.16. The van der Waals surface area contributed by atoms with Crippen LogP contribution in [0.3, 0.4) is 0 Å². The molecule has 0 saturated carbocycles. The Morgan fingerprint density at radius 1 is 1.50 bits per heavy atom. The van der Waals surface area contributed by atoms with E-state index < -0.39 is 27.3 Å². The number of carboxylic acids is 1. The summed E-state index contributed by atoms with van der Waals surface area (Å²) in [4.78, 5) is 10.9. The monoisotopic (exact) mass is 367 g/mol. The number of hydrogen-bond donors (Lipinski definition) is 2. The molecule has 0 radical (unpaired) electrons. The number of aliphatic carboxylic acids is 1. The van der Waals surface area contributed by atoms with Crippen molar-refractivity contribution in [3.63, 3.8) is 0 Å². The summed E-state index contributed by atoms with van der Waals surface area (Å²) in [6.45, 7) is 3.03. The molecule has 1 unspecified atom stereocenters. The van der Waals surface area contributed by atoms with Crippen molar-refractivity contribution < 1.29 is 22.7 Å². The molecule has 8 heteroatoms. The molecule has 0 fully saturated rings. The van der Waals surface area contributed by atoms with Gasteiger partial charge in [-0.2, -0.15) is 4.72 Å². The molecule has 0 aliphatic heterocycles. The van der Waals surface area contributed by atoms with Crippen LogP contribution in [0.15, 0.2) is 27.6 Å². The molecule has 0 aromatic heterocycles. The number of benzene rings is 1. The third-order valence-corrected chi connectivity index (χ3v) is 5.02. The van der Waals surface area contributed by atoms with Crippen LogP contribution in [0.4, 0.5) is 4.39 Å². The van der Waals surface area contributed by atoms with Crippen molar-refractivity contribution in [3.8, 4) is 0 Å². The Morgan fingerprint density at radius 3 is 2.55 bits per heavy atom. The van der Waals surface area contributed by atoms with Gasteiger partial charge >= 0.3 is 5.97 Å². The van der Waals surface area contributed by atoms with Crippen LogP contribution in [0.25, 0.3) is 0 Å². The first kappa shape index (κ1) is 17.1. The quantitative estimate of drug-likeness (QED) is 0.808. The lowest BCUT2D eigenvalue weighted by atomic mass is 9.98. The lowest BCUT2D eigenvalue weighted by molar-refractivity contribution is -0.143. The van der Waals surface area contributed by atoms with Gasteiger partial charge in [0.25, 0.3) is 0 Å². The zero-order valence-electron chi connectivity index (χ0n) is 11.0. The highest BCUT2D eigenvalue weighted by Crippen LogP contribution is 2.22. The molecule has 112 valence electrons. The molecule has 0 aliphatic rings. The van der Waals surface area contributed by atoms with Crippen molar-refractivity contribution in [2.45, 2.75) is 37.1 Å². The van der Waals surface area contributed by atoms with Crippen LogP contribution >= 0.6 is 15.9 Å². The minimum atomic E-state index is -4.12. The van der Waals surface area contributed by atoms with Gasteiger partial charge < -0.3 is 5.11 Å². The highest BCUT2D eigenvalue weighted by Gasteiger charge is 2.37. The van der Waals surface area contributed by atoms with E-state index in [2.05, 4.69) is 20.7 Å². The molecule has 1 rings (SSSR count). The first-order chi connectivity index (χ1) is 9.12. The smallest absolute Gasteiger partial charge is 0.324 e. The van der Waals surface area contributed by atoms with Crippen LogP contribution < -0.4 is 4.72 Å². The average Bonchev–Trinajstić information content (AvgIpc) is 2.31. The van der Waals surface area contributed by atoms with E-state index in [4.69, 9.17) is 5.11 Å². The van der Waals surface area contributed by atoms with Gasteiger partial charge in [0.15, 0.2) is 0 Å². The van der Waals surface area contributed by atoms with Crippen LogP contribution in [0.5, 0.6) is 0 Å². The molecule has 1 aromatic rings. The van der Waals surface area contributed by atoms with Crippen molar-refractivity contribution in [1.29, 1.82) is 0 Å². The summed E-state index contributed by atoms with van der Waals surface area (Å²) in [7, 11) is -4.12. The second-order valence-electron chi connectivity index (χ2n) is 4.57. The minimum Gasteiger partial charge on any atom is -0.480 e. The maximum Gasteiger partial charge on any atom is 0.324 e. The number of halogens is 2. The summed E-state index contributed by atoms with van der Waals surface area (Å²) in [5.41, 5.74) is -1.63. The number of hydrogen-bond acceptors (Lipinski definition) is 3. The number of carbonyl (C=O) groups is 1. The first-order valence-electron chi connectivity index (χ1n) is 5.85. The lowest BCUT2D eigenvalue weighted by Crippen LogP contribution is -2.51. The van der Waals surface area contributed by atoms with Crippen LogP contribution in [0, 0.1) is 5.82 Å². The van der Waals surface area contributed by atoms with E-state index >= 15 is 0 Å². The Balaban J connectivity index is 3.16. The molecule has 1 atom stereocenters. The normalized spacial score (nSPS) is 14.8. The van der Waals surface area contributed by atoms with Crippen LogP contribution in [0.2, 0.25) is 0 Å². The van der Waals surface area contributed by atoms with Crippen molar-refractivity contribution in [3.05, 3.63) is 28.5 Å². The zero-order chi connectivity index (χ0) is 15.6. The lowest BCUT2D eigenvalue weighted by Gasteiger charge is -2.25. The van der Waals surface area contributed by atoms with Crippen molar-refractivity contribution >= 4 is 31.9 Å². The summed E-state index contributed by atoms with van der Waals surface area (Å²) in [6.07, 6.45) is 0.612. The van der Waals surface area contributed by atoms with Crippen molar-refractivity contribution in [1.82, 2.24) is 4.72 Å². The first-order valence-corrected chi connectivity index (χ1v) is 8.12. The predicted octanol–water partition coefficient (Wildman–Crippen LogP) is 2.51. The predicted molar refractivity (Wildman–Crippen MR) is 75.4 cm³/mol. The Morgan fingerprint density at radius 2 is 2.10 bits per heavy atom. The summed E-state index contributed by atoms with van der Waals surface area (Å²) < 4.78 is 39.9.